The van der Waals surface area contributed by atoms with Gasteiger partial charge in [0.1, 0.15) is 6.33 Å². The van der Waals surface area contributed by atoms with Crippen LogP contribution in [0.15, 0.2) is 30.6 Å². The number of likely N-dealkylation sites (tertiary alicyclic amines) is 1. The first kappa shape index (κ1) is 20.1. The van der Waals surface area contributed by atoms with E-state index in [9.17, 15) is 9.59 Å². The van der Waals surface area contributed by atoms with Gasteiger partial charge in [-0.1, -0.05) is 6.07 Å². The van der Waals surface area contributed by atoms with Crippen molar-refractivity contribution in [3.05, 3.63) is 36.3 Å². The number of likely N-dealkylation sites (N-methyl/N-ethyl adjacent to an activating group) is 1. The monoisotopic (exact) mass is 483 g/mol. The average molecular weight is 484 g/mol. The van der Waals surface area contributed by atoms with Gasteiger partial charge >= 0.3 is 6.03 Å². The lowest BCUT2D eigenvalue weighted by molar-refractivity contribution is 0.0942. The molecule has 2 aromatic heterocycles. The van der Waals surface area contributed by atoms with Gasteiger partial charge in [-0.05, 0) is 26.2 Å². The number of carbonyl (C=O) groups excluding carboxylic acids is 2. The van der Waals surface area contributed by atoms with E-state index in [1.54, 1.807) is 41.2 Å². The van der Waals surface area contributed by atoms with Crippen molar-refractivity contribution in [2.75, 3.05) is 51.9 Å². The van der Waals surface area contributed by atoms with Crippen LogP contribution in [0.4, 0.5) is 22.0 Å². The Labute approximate surface area is 206 Å². The maximum Gasteiger partial charge on any atom is 0.323 e. The van der Waals surface area contributed by atoms with Crippen molar-refractivity contribution < 1.29 is 18.4 Å². The van der Waals surface area contributed by atoms with Crippen LogP contribution in [0.3, 0.4) is 0 Å². The number of anilines is 3. The SMILES string of the molecule is [2H]C([2H])([2H])NC(=O)c1nnc(NC(=O)N2CC(N(C)C)C2)cc1Nc1cccc(-c2ncn(C)n2)c1OC. The van der Waals surface area contributed by atoms with E-state index in [0.717, 1.165) is 0 Å². The number of benzene rings is 1. The number of hydrogen-bond acceptors (Lipinski definition) is 9. The first-order valence-corrected chi connectivity index (χ1v) is 10.7. The second-order valence-electron chi connectivity index (χ2n) is 8.15. The van der Waals surface area contributed by atoms with Crippen LogP contribution < -0.4 is 20.7 Å². The highest BCUT2D eigenvalue weighted by atomic mass is 16.5. The van der Waals surface area contributed by atoms with Crippen molar-refractivity contribution in [3.8, 4) is 17.1 Å². The maximum atomic E-state index is 12.7. The lowest BCUT2D eigenvalue weighted by Gasteiger charge is -2.42. The Bertz CT molecular complexity index is 1340. The summed E-state index contributed by atoms with van der Waals surface area (Å²) in [6.45, 7) is -1.63. The third-order valence-corrected chi connectivity index (χ3v) is 5.57. The van der Waals surface area contributed by atoms with Crippen LogP contribution in [-0.2, 0) is 7.05 Å². The summed E-state index contributed by atoms with van der Waals surface area (Å²) in [5.74, 6) is -0.118. The fourth-order valence-corrected chi connectivity index (χ4v) is 3.55. The standard InChI is InChI=1S/C22H28N10O3/c1-23-21(33)18-16(9-17(27-28-18)26-22(34)32-10-13(11-32)30(2)3)25-15-8-6-7-14(19(15)35-5)20-24-12-31(4)29-20/h6-9,12-13H,10-11H2,1-5H3,(H,23,33)(H2,25,26,27,34)/i1D3. The Morgan fingerprint density at radius 2 is 2.03 bits per heavy atom. The summed E-state index contributed by atoms with van der Waals surface area (Å²) in [5, 5.41) is 19.8. The summed E-state index contributed by atoms with van der Waals surface area (Å²) < 4.78 is 29.3. The van der Waals surface area contributed by atoms with Crippen LogP contribution in [0.5, 0.6) is 5.75 Å². The molecule has 3 N–H and O–H groups in total. The van der Waals surface area contributed by atoms with Crippen LogP contribution in [-0.4, -0.2) is 94.0 Å². The lowest BCUT2D eigenvalue weighted by Crippen LogP contribution is -2.60. The molecule has 0 saturated carbocycles. The van der Waals surface area contributed by atoms with Crippen LogP contribution in [0, 0.1) is 0 Å². The molecular formula is C22H28N10O3. The number of hydrogen-bond donors (Lipinski definition) is 3. The van der Waals surface area contributed by atoms with Gasteiger partial charge in [0, 0.05) is 43.3 Å². The van der Waals surface area contributed by atoms with Crippen LogP contribution in [0.1, 0.15) is 14.6 Å². The van der Waals surface area contributed by atoms with Crippen LogP contribution >= 0.6 is 0 Å². The number of carbonyl (C=O) groups is 2. The molecule has 0 atom stereocenters. The number of para-hydroxylation sites is 1. The first-order chi connectivity index (χ1) is 17.9. The molecule has 35 heavy (non-hydrogen) atoms. The number of ether oxygens (including phenoxy) is 1. The molecular weight excluding hydrogens is 452 g/mol. The molecule has 1 saturated heterocycles. The molecule has 0 bridgehead atoms. The average Bonchev–Trinajstić information content (AvgIpc) is 3.22. The predicted octanol–water partition coefficient (Wildman–Crippen LogP) is 1.16. The number of aromatic nitrogens is 5. The van der Waals surface area contributed by atoms with Crippen molar-refractivity contribution in [2.45, 2.75) is 6.04 Å². The van der Waals surface area contributed by atoms with Crippen molar-refractivity contribution in [1.29, 1.82) is 0 Å². The number of amides is 3. The van der Waals surface area contributed by atoms with Gasteiger partial charge in [0.15, 0.2) is 23.1 Å². The van der Waals surface area contributed by atoms with Crippen LogP contribution in [0.25, 0.3) is 11.4 Å². The minimum absolute atomic E-state index is 0.0674. The summed E-state index contributed by atoms with van der Waals surface area (Å²) in [6, 6.07) is 6.49. The Morgan fingerprint density at radius 3 is 2.69 bits per heavy atom. The van der Waals surface area contributed by atoms with Gasteiger partial charge in [-0.15, -0.1) is 10.2 Å². The number of methoxy groups -OCH3 is 1. The van der Waals surface area contributed by atoms with Gasteiger partial charge < -0.3 is 25.2 Å². The zero-order valence-corrected chi connectivity index (χ0v) is 19.7. The van der Waals surface area contributed by atoms with E-state index in [1.165, 1.54) is 13.2 Å². The molecule has 1 aromatic carbocycles. The van der Waals surface area contributed by atoms with Crippen molar-refractivity contribution in [1.82, 2.24) is 40.1 Å². The van der Waals surface area contributed by atoms with Gasteiger partial charge in [-0.3, -0.25) is 14.8 Å². The van der Waals surface area contributed by atoms with Gasteiger partial charge in [-0.25, -0.2) is 9.78 Å². The quantitative estimate of drug-likeness (QED) is 0.451. The Balaban J connectivity index is 1.66. The highest BCUT2D eigenvalue weighted by Gasteiger charge is 2.32. The van der Waals surface area contributed by atoms with Gasteiger partial charge in [-0.2, -0.15) is 5.10 Å². The zero-order chi connectivity index (χ0) is 27.6. The summed E-state index contributed by atoms with van der Waals surface area (Å²) in [4.78, 5) is 33.3. The largest absolute Gasteiger partial charge is 0.494 e. The molecule has 0 aliphatic carbocycles. The van der Waals surface area contributed by atoms with E-state index in [4.69, 9.17) is 8.85 Å². The zero-order valence-electron chi connectivity index (χ0n) is 22.7. The smallest absolute Gasteiger partial charge is 0.323 e. The molecule has 4 rings (SSSR count). The second-order valence-corrected chi connectivity index (χ2v) is 8.15. The number of rotatable bonds is 7. The molecule has 0 radical (unpaired) electrons. The van der Waals surface area contributed by atoms with E-state index in [0.29, 0.717) is 35.9 Å². The van der Waals surface area contributed by atoms with Gasteiger partial charge in [0.05, 0.1) is 24.0 Å². The Hall–Kier alpha value is -4.26. The van der Waals surface area contributed by atoms with Crippen LogP contribution in [0.2, 0.25) is 0 Å². The van der Waals surface area contributed by atoms with Crippen molar-refractivity contribution in [3.63, 3.8) is 0 Å². The number of nitrogens with zero attached hydrogens (tertiary/aromatic N) is 7. The minimum Gasteiger partial charge on any atom is -0.494 e. The van der Waals surface area contributed by atoms with Crippen molar-refractivity contribution >= 4 is 29.1 Å². The molecule has 184 valence electrons. The lowest BCUT2D eigenvalue weighted by atomic mass is 10.1. The number of nitrogens with one attached hydrogen (secondary N) is 3. The van der Waals surface area contributed by atoms with Crippen molar-refractivity contribution in [2.24, 2.45) is 7.05 Å². The van der Waals surface area contributed by atoms with E-state index in [1.807, 2.05) is 24.3 Å². The topological polar surface area (TPSA) is 142 Å². The molecule has 1 fully saturated rings. The van der Waals surface area contributed by atoms with Gasteiger partial charge in [0.25, 0.3) is 5.91 Å². The fourth-order valence-electron chi connectivity index (χ4n) is 3.55. The molecule has 0 spiro atoms. The molecule has 1 aliphatic heterocycles. The van der Waals surface area contributed by atoms with E-state index < -0.39 is 12.9 Å². The minimum atomic E-state index is -2.74. The summed E-state index contributed by atoms with van der Waals surface area (Å²) >= 11 is 0. The Morgan fingerprint density at radius 1 is 1.23 bits per heavy atom. The number of aryl methyl sites for hydroxylation is 1. The van der Waals surface area contributed by atoms with E-state index in [2.05, 4.69) is 30.9 Å². The third kappa shape index (κ3) is 4.99. The summed E-state index contributed by atoms with van der Waals surface area (Å²) in [7, 11) is 7.10. The summed E-state index contributed by atoms with van der Waals surface area (Å²) in [6.07, 6.45) is 1.55. The van der Waals surface area contributed by atoms with E-state index >= 15 is 0 Å². The maximum absolute atomic E-state index is 12.7. The fraction of sp³-hybridized carbons (Fsp3) is 0.364. The van der Waals surface area contributed by atoms with E-state index in [-0.39, 0.29) is 29.3 Å². The third-order valence-electron chi connectivity index (χ3n) is 5.57. The molecule has 13 heteroatoms. The first-order valence-electron chi connectivity index (χ1n) is 12.2. The normalized spacial score (nSPS) is 15.0. The molecule has 3 aromatic rings. The molecule has 3 heterocycles. The molecule has 0 unspecified atom stereocenters. The molecule has 13 nitrogen and oxygen atoms in total. The Kier molecular flexibility index (Phi) is 5.71. The second kappa shape index (κ2) is 9.93. The predicted molar refractivity (Wildman–Crippen MR) is 130 cm³/mol. The van der Waals surface area contributed by atoms with Gasteiger partial charge in [0.2, 0.25) is 0 Å². The highest BCUT2D eigenvalue weighted by molar-refractivity contribution is 5.99. The summed E-state index contributed by atoms with van der Waals surface area (Å²) in [5.41, 5.74) is 0.799. The highest BCUT2D eigenvalue weighted by Crippen LogP contribution is 2.37. The number of urea groups is 1. The molecule has 1 aliphatic rings. The molecule has 3 amide bonds.